The molecule has 0 unspecified atom stereocenters. The molecule has 1 aromatic heterocycles. The van der Waals surface area contributed by atoms with Gasteiger partial charge in [0.05, 0.1) is 24.5 Å². The van der Waals surface area contributed by atoms with Gasteiger partial charge in [-0.2, -0.15) is 0 Å². The minimum atomic E-state index is -0.622. The number of aromatic nitrogens is 2. The highest BCUT2D eigenvalue weighted by Gasteiger charge is 2.40. The Balaban J connectivity index is 1.52. The van der Waals surface area contributed by atoms with Crippen molar-refractivity contribution in [3.63, 3.8) is 0 Å². The van der Waals surface area contributed by atoms with E-state index in [1.54, 1.807) is 23.9 Å². The van der Waals surface area contributed by atoms with E-state index in [0.717, 1.165) is 39.3 Å². The van der Waals surface area contributed by atoms with Gasteiger partial charge in [-0.1, -0.05) is 72.8 Å². The number of benzene rings is 3. The van der Waals surface area contributed by atoms with Gasteiger partial charge in [0.1, 0.15) is 6.04 Å². The zero-order valence-electron chi connectivity index (χ0n) is 22.0. The highest BCUT2D eigenvalue weighted by molar-refractivity contribution is 5.93. The Kier molecular flexibility index (Phi) is 7.01. The second kappa shape index (κ2) is 10.5. The minimum Gasteiger partial charge on any atom is -0.399 e. The molecule has 0 radical (unpaired) electrons. The summed E-state index contributed by atoms with van der Waals surface area (Å²) in [5.41, 5.74) is 12.5. The Morgan fingerprint density at radius 2 is 1.63 bits per heavy atom. The van der Waals surface area contributed by atoms with Crippen LogP contribution in [0.15, 0.2) is 85.2 Å². The van der Waals surface area contributed by atoms with Gasteiger partial charge in [-0.25, -0.2) is 4.98 Å². The number of carbonyl (C=O) groups excluding carboxylic acids is 2. The van der Waals surface area contributed by atoms with Crippen LogP contribution in [-0.4, -0.2) is 51.3 Å². The molecule has 0 saturated heterocycles. The van der Waals surface area contributed by atoms with Crippen LogP contribution in [-0.2, 0) is 29.1 Å². The number of nitrogens with zero attached hydrogens (tertiary/aromatic N) is 4. The lowest BCUT2D eigenvalue weighted by molar-refractivity contribution is -0.146. The quantitative estimate of drug-likeness (QED) is 0.400. The minimum absolute atomic E-state index is 0.0973. The molecular formula is C31H33N5O2. The van der Waals surface area contributed by atoms with Crippen LogP contribution in [0.5, 0.6) is 0 Å². The third kappa shape index (κ3) is 4.92. The number of amides is 2. The van der Waals surface area contributed by atoms with Gasteiger partial charge in [0.25, 0.3) is 0 Å². The number of nitrogens with two attached hydrogens (primary N) is 1. The number of fused-ring (bicyclic) bond motifs is 1. The maximum absolute atomic E-state index is 14.3. The fraction of sp³-hybridized carbons (Fsp3) is 0.258. The van der Waals surface area contributed by atoms with Crippen LogP contribution in [0.3, 0.4) is 0 Å². The second-order valence-corrected chi connectivity index (χ2v) is 10.1. The van der Waals surface area contributed by atoms with Gasteiger partial charge in [0, 0.05) is 38.4 Å². The zero-order valence-corrected chi connectivity index (χ0v) is 22.0. The maximum Gasteiger partial charge on any atom is 0.245 e. The molecule has 1 atom stereocenters. The lowest BCUT2D eigenvalue weighted by atomic mass is 9.88. The molecule has 0 fully saturated rings. The number of carbonyl (C=O) groups is 2. The van der Waals surface area contributed by atoms with Crippen LogP contribution in [0.1, 0.15) is 39.6 Å². The molecule has 4 aromatic rings. The molecule has 194 valence electrons. The Labute approximate surface area is 223 Å². The number of nitrogen functional groups attached to an aromatic ring is 1. The summed E-state index contributed by atoms with van der Waals surface area (Å²) >= 11 is 0. The van der Waals surface area contributed by atoms with Crippen LogP contribution < -0.4 is 5.73 Å². The van der Waals surface area contributed by atoms with Gasteiger partial charge >= 0.3 is 0 Å². The molecule has 0 spiro atoms. The summed E-state index contributed by atoms with van der Waals surface area (Å²) in [6.45, 7) is 2.90. The van der Waals surface area contributed by atoms with Crippen molar-refractivity contribution in [1.29, 1.82) is 0 Å². The summed E-state index contributed by atoms with van der Waals surface area (Å²) in [4.78, 5) is 35.8. The first-order chi connectivity index (χ1) is 18.3. The van der Waals surface area contributed by atoms with E-state index >= 15 is 0 Å². The average Bonchev–Trinajstić information content (AvgIpc) is 3.32. The number of rotatable bonds is 6. The summed E-state index contributed by atoms with van der Waals surface area (Å²) < 4.78 is 2.09. The largest absolute Gasteiger partial charge is 0.399 e. The lowest BCUT2D eigenvalue weighted by Gasteiger charge is -2.38. The van der Waals surface area contributed by atoms with E-state index in [-0.39, 0.29) is 18.4 Å². The van der Waals surface area contributed by atoms with Gasteiger partial charge in [-0.3, -0.25) is 9.59 Å². The van der Waals surface area contributed by atoms with E-state index in [1.807, 2.05) is 86.0 Å². The van der Waals surface area contributed by atoms with Gasteiger partial charge < -0.3 is 20.1 Å². The Morgan fingerprint density at radius 1 is 1.00 bits per heavy atom. The average molecular weight is 508 g/mol. The Morgan fingerprint density at radius 3 is 2.21 bits per heavy atom. The highest BCUT2D eigenvalue weighted by Crippen LogP contribution is 2.32. The number of imidazole rings is 1. The van der Waals surface area contributed by atoms with Crippen LogP contribution in [0, 0.1) is 6.92 Å². The molecule has 5 rings (SSSR count). The van der Waals surface area contributed by atoms with E-state index in [1.165, 1.54) is 0 Å². The molecule has 38 heavy (non-hydrogen) atoms. The smallest absolute Gasteiger partial charge is 0.245 e. The summed E-state index contributed by atoms with van der Waals surface area (Å²) in [7, 11) is 3.47. The fourth-order valence-corrected chi connectivity index (χ4v) is 5.24. The first kappa shape index (κ1) is 25.3. The molecule has 2 N–H and O–H groups in total. The summed E-state index contributed by atoms with van der Waals surface area (Å²) in [5.74, 6) is -0.715. The first-order valence-electron chi connectivity index (χ1n) is 12.8. The van der Waals surface area contributed by atoms with Crippen LogP contribution >= 0.6 is 0 Å². The van der Waals surface area contributed by atoms with Crippen molar-refractivity contribution in [1.82, 2.24) is 19.4 Å². The predicted octanol–water partition coefficient (Wildman–Crippen LogP) is 4.00. The lowest BCUT2D eigenvalue weighted by Crippen LogP contribution is -2.53. The van der Waals surface area contributed by atoms with Gasteiger partial charge in [-0.05, 0) is 35.2 Å². The molecule has 0 aliphatic carbocycles. The maximum atomic E-state index is 14.3. The molecule has 2 amide bonds. The molecule has 7 nitrogen and oxygen atoms in total. The Bertz CT molecular complexity index is 1410. The summed E-state index contributed by atoms with van der Waals surface area (Å²) in [6, 6.07) is 24.9. The van der Waals surface area contributed by atoms with E-state index in [2.05, 4.69) is 15.6 Å². The van der Waals surface area contributed by atoms with Gasteiger partial charge in [0.2, 0.25) is 11.8 Å². The van der Waals surface area contributed by atoms with Crippen molar-refractivity contribution in [3.05, 3.63) is 119 Å². The summed E-state index contributed by atoms with van der Waals surface area (Å²) in [6.07, 6.45) is 2.22. The molecular weight excluding hydrogens is 474 g/mol. The topological polar surface area (TPSA) is 84.5 Å². The standard InChI is InChI=1S/C31H33N5O2/c1-21-16-22(14-15-25(21)32)18-35-20-33-26-19-36(28(17-27(26)35)30(37)34(2)3)31(38)29(23-10-6-4-7-11-23)24-12-8-5-9-13-24/h4-16,20,28-29H,17-19,32H2,1-3H3/t28-/m0/s1. The molecule has 0 bridgehead atoms. The van der Waals surface area contributed by atoms with Crippen LogP contribution in [0.4, 0.5) is 5.69 Å². The third-order valence-electron chi connectivity index (χ3n) is 7.32. The molecule has 1 aliphatic heterocycles. The fourth-order valence-electron chi connectivity index (χ4n) is 5.24. The number of hydrogen-bond acceptors (Lipinski definition) is 4. The monoisotopic (exact) mass is 507 g/mol. The SMILES string of the molecule is Cc1cc(Cn2cnc3c2C[C@@H](C(=O)N(C)C)N(C(=O)C(c2ccccc2)c2ccccc2)C3)ccc1N. The molecule has 0 saturated carbocycles. The van der Waals surface area contributed by atoms with Crippen molar-refractivity contribution >= 4 is 17.5 Å². The van der Waals surface area contributed by atoms with Gasteiger partial charge in [0.15, 0.2) is 0 Å². The molecule has 2 heterocycles. The van der Waals surface area contributed by atoms with Gasteiger partial charge in [-0.15, -0.1) is 0 Å². The highest BCUT2D eigenvalue weighted by atomic mass is 16.2. The van der Waals surface area contributed by atoms with E-state index < -0.39 is 12.0 Å². The molecule has 3 aromatic carbocycles. The van der Waals surface area contributed by atoms with Crippen molar-refractivity contribution in [2.24, 2.45) is 0 Å². The van der Waals surface area contributed by atoms with E-state index in [4.69, 9.17) is 5.73 Å². The number of anilines is 1. The van der Waals surface area contributed by atoms with Crippen molar-refractivity contribution < 1.29 is 9.59 Å². The van der Waals surface area contributed by atoms with E-state index in [9.17, 15) is 9.59 Å². The summed E-state index contributed by atoms with van der Waals surface area (Å²) in [5, 5.41) is 0. The predicted molar refractivity (Wildman–Crippen MR) is 148 cm³/mol. The number of hydrogen-bond donors (Lipinski definition) is 1. The van der Waals surface area contributed by atoms with E-state index in [0.29, 0.717) is 13.0 Å². The zero-order chi connectivity index (χ0) is 26.8. The van der Waals surface area contributed by atoms with Crippen molar-refractivity contribution in [3.8, 4) is 0 Å². The Hall–Kier alpha value is -4.39. The van der Waals surface area contributed by atoms with Crippen molar-refractivity contribution in [2.75, 3.05) is 19.8 Å². The van der Waals surface area contributed by atoms with Crippen molar-refractivity contribution in [2.45, 2.75) is 38.4 Å². The van der Waals surface area contributed by atoms with Crippen LogP contribution in [0.25, 0.3) is 0 Å². The first-order valence-corrected chi connectivity index (χ1v) is 12.8. The number of likely N-dealkylation sites (N-methyl/N-ethyl adjacent to an activating group) is 1. The molecule has 7 heteroatoms. The molecule has 1 aliphatic rings. The van der Waals surface area contributed by atoms with Crippen LogP contribution in [0.2, 0.25) is 0 Å². The normalized spacial score (nSPS) is 14.8. The second-order valence-electron chi connectivity index (χ2n) is 10.1. The third-order valence-corrected chi connectivity index (χ3v) is 7.32. The number of aryl methyl sites for hydroxylation is 1.